The molecule has 0 spiro atoms. The lowest BCUT2D eigenvalue weighted by atomic mass is 9.85. The van der Waals surface area contributed by atoms with Crippen molar-refractivity contribution in [2.24, 2.45) is 7.05 Å². The summed E-state index contributed by atoms with van der Waals surface area (Å²) in [6, 6.07) is 3.91. The molecule has 0 aromatic carbocycles. The number of ether oxygens (including phenoxy) is 3. The first-order chi connectivity index (χ1) is 19.2. The molecule has 1 aliphatic carbocycles. The number of morpholine rings is 1. The predicted octanol–water partition coefficient (Wildman–Crippen LogP) is 3.58. The summed E-state index contributed by atoms with van der Waals surface area (Å²) >= 11 is 0. The Bertz CT molecular complexity index is 1400. The van der Waals surface area contributed by atoms with E-state index in [1.807, 2.05) is 23.8 Å². The zero-order valence-corrected chi connectivity index (χ0v) is 21.8. The minimum Gasteiger partial charge on any atom is -0.759 e. The summed E-state index contributed by atoms with van der Waals surface area (Å²) in [5.74, 6) is 2.61. The van der Waals surface area contributed by atoms with Crippen LogP contribution in [0.2, 0.25) is 0 Å². The summed E-state index contributed by atoms with van der Waals surface area (Å²) in [5, 5.41) is 11.8. The number of pyridine rings is 2. The smallest absolute Gasteiger partial charge is 0.225 e. The maximum Gasteiger partial charge on any atom is 0.225 e. The van der Waals surface area contributed by atoms with E-state index in [9.17, 15) is 5.21 Å². The maximum absolute atomic E-state index is 11.0. The van der Waals surface area contributed by atoms with Gasteiger partial charge in [0.2, 0.25) is 5.88 Å². The number of hydrogen-bond acceptors (Lipinski definition) is 11. The van der Waals surface area contributed by atoms with E-state index in [4.69, 9.17) is 24.2 Å². The molecule has 5 heterocycles. The molecule has 0 amide bonds. The number of nitrogens with one attached hydrogen (secondary N) is 1. The second-order valence-electron chi connectivity index (χ2n) is 9.87. The van der Waals surface area contributed by atoms with Gasteiger partial charge >= 0.3 is 0 Å². The number of hydrogen-bond donors (Lipinski definition) is 1. The molecule has 204 valence electrons. The summed E-state index contributed by atoms with van der Waals surface area (Å²) in [7, 11) is 1.76. The van der Waals surface area contributed by atoms with Crippen LogP contribution in [-0.2, 0) is 18.4 Å². The van der Waals surface area contributed by atoms with Crippen LogP contribution in [0.15, 0.2) is 43.1 Å². The Morgan fingerprint density at radius 2 is 1.87 bits per heavy atom. The lowest BCUT2D eigenvalue weighted by molar-refractivity contribution is 0.122. The highest BCUT2D eigenvalue weighted by molar-refractivity contribution is 5.87. The molecule has 1 saturated carbocycles. The van der Waals surface area contributed by atoms with E-state index in [-0.39, 0.29) is 18.7 Å². The van der Waals surface area contributed by atoms with E-state index < -0.39 is 0 Å². The molecular formula is C27H31N8O4-. The fraction of sp³-hybridized carbons (Fsp3) is 0.444. The summed E-state index contributed by atoms with van der Waals surface area (Å²) < 4.78 is 19.8. The van der Waals surface area contributed by atoms with Crippen LogP contribution in [0.3, 0.4) is 0 Å². The highest BCUT2D eigenvalue weighted by Crippen LogP contribution is 2.36. The first kappa shape index (κ1) is 25.3. The molecule has 0 bridgehead atoms. The molecule has 1 aliphatic heterocycles. The Morgan fingerprint density at radius 1 is 1.03 bits per heavy atom. The molecule has 1 saturated heterocycles. The van der Waals surface area contributed by atoms with E-state index in [1.165, 1.54) is 0 Å². The van der Waals surface area contributed by atoms with Crippen LogP contribution < -0.4 is 19.9 Å². The monoisotopic (exact) mass is 531 g/mol. The van der Waals surface area contributed by atoms with Gasteiger partial charge in [-0.05, 0) is 31.7 Å². The predicted molar refractivity (Wildman–Crippen MR) is 145 cm³/mol. The molecule has 39 heavy (non-hydrogen) atoms. The average Bonchev–Trinajstić information content (AvgIpc) is 3.36. The first-order valence-corrected chi connectivity index (χ1v) is 13.3. The van der Waals surface area contributed by atoms with Gasteiger partial charge in [0.05, 0.1) is 47.9 Å². The normalized spacial score (nSPS) is 19.7. The maximum atomic E-state index is 11.0. The van der Waals surface area contributed by atoms with Gasteiger partial charge in [0.15, 0.2) is 5.95 Å². The van der Waals surface area contributed by atoms with Crippen molar-refractivity contribution in [1.82, 2.24) is 29.5 Å². The number of imidazole rings is 1. The molecule has 4 aromatic rings. The minimum atomic E-state index is 0.0468. The summed E-state index contributed by atoms with van der Waals surface area (Å²) in [6.45, 7) is 3.11. The van der Waals surface area contributed by atoms with Crippen molar-refractivity contribution in [3.05, 3.63) is 59.7 Å². The molecule has 0 atom stereocenters. The molecule has 2 aliphatic rings. The van der Waals surface area contributed by atoms with Crippen molar-refractivity contribution < 1.29 is 14.2 Å². The fourth-order valence-electron chi connectivity index (χ4n) is 5.17. The first-order valence-electron chi connectivity index (χ1n) is 13.3. The quantitative estimate of drug-likeness (QED) is 0.334. The fourth-order valence-corrected chi connectivity index (χ4v) is 5.17. The Labute approximate surface area is 226 Å². The second kappa shape index (κ2) is 11.4. The van der Waals surface area contributed by atoms with Crippen molar-refractivity contribution in [1.29, 1.82) is 0 Å². The number of anilines is 2. The van der Waals surface area contributed by atoms with Gasteiger partial charge < -0.3 is 34.4 Å². The Hall–Kier alpha value is -4.03. The molecule has 4 aromatic heterocycles. The van der Waals surface area contributed by atoms with E-state index in [0.717, 1.165) is 66.9 Å². The van der Waals surface area contributed by atoms with Crippen molar-refractivity contribution >= 4 is 22.7 Å². The van der Waals surface area contributed by atoms with E-state index >= 15 is 0 Å². The van der Waals surface area contributed by atoms with Gasteiger partial charge in [0.1, 0.15) is 24.3 Å². The SMILES string of the molecule is Cn1c(COc2cnc3cc(N4CCOCC4)nc(OC4CCC(c5cnccn5)CC4)c3c2)cnc1N[O-]. The van der Waals surface area contributed by atoms with Gasteiger partial charge in [-0.15, -0.1) is 0 Å². The molecule has 12 heteroatoms. The third-order valence-corrected chi connectivity index (χ3v) is 7.46. The third kappa shape index (κ3) is 5.57. The zero-order valence-electron chi connectivity index (χ0n) is 21.8. The highest BCUT2D eigenvalue weighted by Gasteiger charge is 2.26. The summed E-state index contributed by atoms with van der Waals surface area (Å²) in [5.41, 5.74) is 4.41. The number of fused-ring (bicyclic) bond motifs is 1. The van der Waals surface area contributed by atoms with Crippen LogP contribution in [0.5, 0.6) is 11.6 Å². The second-order valence-corrected chi connectivity index (χ2v) is 9.87. The summed E-state index contributed by atoms with van der Waals surface area (Å²) in [6.07, 6.45) is 12.5. The van der Waals surface area contributed by atoms with Crippen LogP contribution in [0.4, 0.5) is 11.8 Å². The van der Waals surface area contributed by atoms with E-state index in [2.05, 4.69) is 19.9 Å². The number of aromatic nitrogens is 6. The molecule has 6 rings (SSSR count). The van der Waals surface area contributed by atoms with Gasteiger partial charge in [0.25, 0.3) is 0 Å². The lowest BCUT2D eigenvalue weighted by Gasteiger charge is -2.30. The van der Waals surface area contributed by atoms with Gasteiger partial charge in [-0.1, -0.05) is 0 Å². The largest absolute Gasteiger partial charge is 0.759 e. The van der Waals surface area contributed by atoms with E-state index in [0.29, 0.717) is 30.8 Å². The van der Waals surface area contributed by atoms with Gasteiger partial charge in [0, 0.05) is 50.7 Å². The Kier molecular flexibility index (Phi) is 7.37. The van der Waals surface area contributed by atoms with Crippen molar-refractivity contribution in [3.63, 3.8) is 0 Å². The van der Waals surface area contributed by atoms with Gasteiger partial charge in [-0.25, -0.2) is 4.98 Å². The van der Waals surface area contributed by atoms with Crippen LogP contribution in [-0.4, -0.2) is 61.9 Å². The van der Waals surface area contributed by atoms with E-state index in [1.54, 1.807) is 36.4 Å². The molecular weight excluding hydrogens is 500 g/mol. The van der Waals surface area contributed by atoms with Crippen LogP contribution in [0, 0.1) is 5.21 Å². The Morgan fingerprint density at radius 3 is 2.62 bits per heavy atom. The lowest BCUT2D eigenvalue weighted by Crippen LogP contribution is -2.36. The highest BCUT2D eigenvalue weighted by atomic mass is 16.5. The molecule has 12 nitrogen and oxygen atoms in total. The molecule has 2 fully saturated rings. The van der Waals surface area contributed by atoms with Crippen molar-refractivity contribution in [2.45, 2.75) is 44.3 Å². The third-order valence-electron chi connectivity index (χ3n) is 7.46. The van der Waals surface area contributed by atoms with Gasteiger partial charge in [-0.2, -0.15) is 4.98 Å². The average molecular weight is 532 g/mol. The number of rotatable bonds is 8. The molecule has 1 N–H and O–H groups in total. The van der Waals surface area contributed by atoms with Crippen LogP contribution in [0.25, 0.3) is 10.9 Å². The minimum absolute atomic E-state index is 0.0468. The van der Waals surface area contributed by atoms with Crippen molar-refractivity contribution in [3.8, 4) is 11.6 Å². The topological polar surface area (TPSA) is 135 Å². The zero-order chi connectivity index (χ0) is 26.6. The van der Waals surface area contributed by atoms with Gasteiger partial charge in [-0.3, -0.25) is 15.0 Å². The Balaban J connectivity index is 1.24. The van der Waals surface area contributed by atoms with Crippen molar-refractivity contribution in [2.75, 3.05) is 36.7 Å². The standard InChI is InChI=1S/C27H31N8O4/c1-34-19(14-31-27(34)33-36)17-38-21-12-22-23(30-15-21)13-25(35-8-10-37-11-9-35)32-26(22)39-20-4-2-18(3-5-20)24-16-28-6-7-29-24/h6-7,12-16,18,20H,2-5,8-11,17H2,1H3,(H-,31,33,36)/q-1. The van der Waals surface area contributed by atoms with Crippen LogP contribution >= 0.6 is 0 Å². The summed E-state index contributed by atoms with van der Waals surface area (Å²) in [4.78, 5) is 24.6. The van der Waals surface area contributed by atoms with Crippen LogP contribution in [0.1, 0.15) is 43.0 Å². The molecule has 0 radical (unpaired) electrons. The number of nitrogens with zero attached hydrogens (tertiary/aromatic N) is 7. The molecule has 0 unspecified atom stereocenters.